The van der Waals surface area contributed by atoms with Crippen LogP contribution in [0.15, 0.2) is 30.3 Å². The molecule has 84 valence electrons. The van der Waals surface area contributed by atoms with Crippen LogP contribution in [-0.2, 0) is 0 Å². The van der Waals surface area contributed by atoms with Gasteiger partial charge >= 0.3 is 0 Å². The van der Waals surface area contributed by atoms with Crippen LogP contribution in [0.3, 0.4) is 0 Å². The molecular weight excluding hydrogens is 182 g/mol. The van der Waals surface area contributed by atoms with Crippen LogP contribution in [0.1, 0.15) is 33.6 Å². The minimum atomic E-state index is 0.456. The molecule has 1 aromatic carbocycles. The van der Waals surface area contributed by atoms with Crippen molar-refractivity contribution in [3.63, 3.8) is 0 Å². The molecule has 0 aromatic heterocycles. The third-order valence-electron chi connectivity index (χ3n) is 2.62. The predicted molar refractivity (Wildman–Crippen MR) is 68.4 cm³/mol. The van der Waals surface area contributed by atoms with Crippen LogP contribution in [0.5, 0.6) is 0 Å². The summed E-state index contributed by atoms with van der Waals surface area (Å²) in [5.74, 6) is 0. The van der Waals surface area contributed by atoms with E-state index in [0.29, 0.717) is 5.41 Å². The second kappa shape index (κ2) is 5.20. The number of hydrogen-bond donors (Lipinski definition) is 0. The summed E-state index contributed by atoms with van der Waals surface area (Å²) < 4.78 is 0. The minimum absolute atomic E-state index is 0.456. The Morgan fingerprint density at radius 2 is 1.67 bits per heavy atom. The van der Waals surface area contributed by atoms with E-state index in [0.717, 1.165) is 6.54 Å². The lowest BCUT2D eigenvalue weighted by Gasteiger charge is -2.23. The number of nitrogens with zero attached hydrogens (tertiary/aromatic N) is 1. The van der Waals surface area contributed by atoms with Crippen molar-refractivity contribution in [1.82, 2.24) is 0 Å². The predicted octanol–water partition coefficient (Wildman–Crippen LogP) is 3.95. The maximum atomic E-state index is 2.33. The molecule has 15 heavy (non-hydrogen) atoms. The van der Waals surface area contributed by atoms with Crippen LogP contribution in [0, 0.1) is 5.41 Å². The number of anilines is 1. The van der Waals surface area contributed by atoms with E-state index >= 15 is 0 Å². The molecule has 0 aliphatic heterocycles. The van der Waals surface area contributed by atoms with Gasteiger partial charge in [0.05, 0.1) is 0 Å². The Morgan fingerprint density at radius 1 is 1.07 bits per heavy atom. The van der Waals surface area contributed by atoms with E-state index in [1.54, 1.807) is 0 Å². The Bertz CT molecular complexity index is 271. The number of benzene rings is 1. The average molecular weight is 205 g/mol. The smallest absolute Gasteiger partial charge is 0.0363 e. The van der Waals surface area contributed by atoms with Gasteiger partial charge in [-0.1, -0.05) is 39.0 Å². The monoisotopic (exact) mass is 205 g/mol. The van der Waals surface area contributed by atoms with Gasteiger partial charge in [0.15, 0.2) is 0 Å². The first-order chi connectivity index (χ1) is 6.99. The van der Waals surface area contributed by atoms with Crippen molar-refractivity contribution < 1.29 is 0 Å². The fourth-order valence-electron chi connectivity index (χ4n) is 1.66. The third-order valence-corrected chi connectivity index (χ3v) is 2.62. The summed E-state index contributed by atoms with van der Waals surface area (Å²) >= 11 is 0. The zero-order valence-corrected chi connectivity index (χ0v) is 10.5. The zero-order valence-electron chi connectivity index (χ0n) is 10.5. The van der Waals surface area contributed by atoms with Gasteiger partial charge in [-0.2, -0.15) is 0 Å². The molecule has 0 radical (unpaired) electrons. The van der Waals surface area contributed by atoms with Crippen molar-refractivity contribution in [3.05, 3.63) is 30.3 Å². The molecule has 0 fully saturated rings. The summed E-state index contributed by atoms with van der Waals surface area (Å²) in [5, 5.41) is 0. The Balaban J connectivity index is 2.34. The van der Waals surface area contributed by atoms with E-state index in [9.17, 15) is 0 Å². The van der Waals surface area contributed by atoms with E-state index in [4.69, 9.17) is 0 Å². The Hall–Kier alpha value is -0.980. The van der Waals surface area contributed by atoms with Gasteiger partial charge in [-0.25, -0.2) is 0 Å². The van der Waals surface area contributed by atoms with Crippen LogP contribution >= 0.6 is 0 Å². The van der Waals surface area contributed by atoms with Crippen LogP contribution in [-0.4, -0.2) is 13.6 Å². The molecule has 0 atom stereocenters. The van der Waals surface area contributed by atoms with Gasteiger partial charge in [-0.05, 0) is 30.4 Å². The van der Waals surface area contributed by atoms with Crippen molar-refractivity contribution in [2.75, 3.05) is 18.5 Å². The summed E-state index contributed by atoms with van der Waals surface area (Å²) in [7, 11) is 2.16. The van der Waals surface area contributed by atoms with Gasteiger partial charge in [0.25, 0.3) is 0 Å². The molecule has 0 saturated heterocycles. The highest BCUT2D eigenvalue weighted by Gasteiger charge is 2.09. The third kappa shape index (κ3) is 4.87. The van der Waals surface area contributed by atoms with E-state index in [1.807, 2.05) is 0 Å². The highest BCUT2D eigenvalue weighted by Crippen LogP contribution is 2.21. The molecule has 0 aliphatic rings. The topological polar surface area (TPSA) is 3.24 Å². The van der Waals surface area contributed by atoms with Crippen LogP contribution in [0.25, 0.3) is 0 Å². The van der Waals surface area contributed by atoms with Crippen LogP contribution in [0.2, 0.25) is 0 Å². The normalized spacial score (nSPS) is 11.5. The lowest BCUT2D eigenvalue weighted by molar-refractivity contribution is 0.367. The molecule has 0 N–H and O–H groups in total. The summed E-state index contributed by atoms with van der Waals surface area (Å²) in [5.41, 5.74) is 1.77. The zero-order chi connectivity index (χ0) is 11.3. The molecular formula is C14H23N. The van der Waals surface area contributed by atoms with Gasteiger partial charge in [-0.15, -0.1) is 0 Å². The number of hydrogen-bond acceptors (Lipinski definition) is 1. The minimum Gasteiger partial charge on any atom is -0.375 e. The van der Waals surface area contributed by atoms with E-state index in [2.05, 4.69) is 63.1 Å². The molecule has 0 saturated carbocycles. The Morgan fingerprint density at radius 3 is 2.20 bits per heavy atom. The Kier molecular flexibility index (Phi) is 4.19. The first-order valence-electron chi connectivity index (χ1n) is 5.75. The van der Waals surface area contributed by atoms with Crippen molar-refractivity contribution in [2.45, 2.75) is 33.6 Å². The number of para-hydroxylation sites is 1. The Labute approximate surface area is 94.1 Å². The molecule has 0 unspecified atom stereocenters. The maximum absolute atomic E-state index is 2.33. The molecule has 0 aliphatic carbocycles. The van der Waals surface area contributed by atoms with Crippen molar-refractivity contribution in [2.24, 2.45) is 5.41 Å². The van der Waals surface area contributed by atoms with E-state index in [-0.39, 0.29) is 0 Å². The molecule has 1 heteroatoms. The lowest BCUT2D eigenvalue weighted by atomic mass is 9.90. The quantitative estimate of drug-likeness (QED) is 0.719. The largest absolute Gasteiger partial charge is 0.375 e. The fourth-order valence-corrected chi connectivity index (χ4v) is 1.66. The average Bonchev–Trinajstić information content (AvgIpc) is 2.17. The highest BCUT2D eigenvalue weighted by molar-refractivity contribution is 5.44. The van der Waals surface area contributed by atoms with Crippen LogP contribution < -0.4 is 4.90 Å². The van der Waals surface area contributed by atoms with E-state index < -0.39 is 0 Å². The molecule has 1 aromatic rings. The summed E-state index contributed by atoms with van der Waals surface area (Å²) in [6, 6.07) is 10.6. The molecule has 0 spiro atoms. The molecule has 0 heterocycles. The summed E-state index contributed by atoms with van der Waals surface area (Å²) in [4.78, 5) is 2.33. The maximum Gasteiger partial charge on any atom is 0.0363 e. The van der Waals surface area contributed by atoms with Crippen molar-refractivity contribution in [3.8, 4) is 0 Å². The number of rotatable bonds is 4. The van der Waals surface area contributed by atoms with Gasteiger partial charge in [0, 0.05) is 19.3 Å². The van der Waals surface area contributed by atoms with Gasteiger partial charge in [0.2, 0.25) is 0 Å². The summed E-state index contributed by atoms with van der Waals surface area (Å²) in [6.07, 6.45) is 2.54. The highest BCUT2D eigenvalue weighted by atomic mass is 15.1. The molecule has 1 nitrogen and oxygen atoms in total. The van der Waals surface area contributed by atoms with Crippen LogP contribution in [0.4, 0.5) is 5.69 Å². The first kappa shape index (κ1) is 12.1. The van der Waals surface area contributed by atoms with Crippen molar-refractivity contribution >= 4 is 5.69 Å². The molecule has 0 bridgehead atoms. The molecule has 0 amide bonds. The van der Waals surface area contributed by atoms with Gasteiger partial charge < -0.3 is 4.90 Å². The van der Waals surface area contributed by atoms with Crippen molar-refractivity contribution in [1.29, 1.82) is 0 Å². The van der Waals surface area contributed by atoms with Gasteiger partial charge in [-0.3, -0.25) is 0 Å². The first-order valence-corrected chi connectivity index (χ1v) is 5.75. The molecule has 1 rings (SSSR count). The standard InChI is InChI=1S/C14H23N/c1-14(2,3)11-8-12-15(4)13-9-6-5-7-10-13/h5-7,9-10H,8,11-12H2,1-4H3. The SMILES string of the molecule is CN(CCCC(C)(C)C)c1ccccc1. The van der Waals surface area contributed by atoms with E-state index in [1.165, 1.54) is 18.5 Å². The fraction of sp³-hybridized carbons (Fsp3) is 0.571. The summed E-state index contributed by atoms with van der Waals surface area (Å²) in [6.45, 7) is 8.04. The van der Waals surface area contributed by atoms with Gasteiger partial charge in [0.1, 0.15) is 0 Å². The second-order valence-corrected chi connectivity index (χ2v) is 5.42. The second-order valence-electron chi connectivity index (χ2n) is 5.42. The lowest BCUT2D eigenvalue weighted by Crippen LogP contribution is -2.20.